The molecule has 1 aliphatic heterocycles. The molecule has 5 aliphatic rings. The first-order valence-corrected chi connectivity index (χ1v) is 14.4. The van der Waals surface area contributed by atoms with E-state index in [2.05, 4.69) is 10.4 Å². The van der Waals surface area contributed by atoms with Gasteiger partial charge in [-0.15, -0.1) is 11.3 Å². The first-order chi connectivity index (χ1) is 14.4. The van der Waals surface area contributed by atoms with Gasteiger partial charge in [-0.1, -0.05) is 19.3 Å². The molecule has 0 spiro atoms. The Labute approximate surface area is 183 Å². The number of rotatable bonds is 4. The Balaban J connectivity index is 1.19. The summed E-state index contributed by atoms with van der Waals surface area (Å²) in [6.45, 7) is 1.19. The molecule has 4 aliphatic carbocycles. The standard InChI is InChI=1S/C23H32N2O3S2/c1-30(28,24-22(27)23-12-16(13-23)14-23)19-7-9-25(10-8-19)21(26)18-11-20(29-15-18)17-5-3-2-4-6-17/h11,15-17,19H,2-10,12-14H2,1H3. The zero-order valence-electron chi connectivity index (χ0n) is 17.8. The van der Waals surface area contributed by atoms with E-state index < -0.39 is 9.73 Å². The van der Waals surface area contributed by atoms with E-state index >= 15 is 0 Å². The third kappa shape index (κ3) is 3.66. The molecule has 0 N–H and O–H groups in total. The van der Waals surface area contributed by atoms with Crippen molar-refractivity contribution in [3.05, 3.63) is 21.9 Å². The second-order valence-electron chi connectivity index (χ2n) is 10.1. The van der Waals surface area contributed by atoms with Crippen molar-refractivity contribution < 1.29 is 13.8 Å². The third-order valence-electron chi connectivity index (χ3n) is 7.98. The van der Waals surface area contributed by atoms with Crippen LogP contribution in [-0.2, 0) is 14.5 Å². The minimum absolute atomic E-state index is 0.0937. The molecule has 1 atom stereocenters. The second-order valence-corrected chi connectivity index (χ2v) is 13.6. The van der Waals surface area contributed by atoms with Gasteiger partial charge in [-0.25, -0.2) is 4.21 Å². The van der Waals surface area contributed by atoms with Crippen LogP contribution in [0.25, 0.3) is 0 Å². The third-order valence-corrected chi connectivity index (χ3v) is 11.3. The highest BCUT2D eigenvalue weighted by Gasteiger charge is 2.61. The molecule has 2 bridgehead atoms. The molecule has 0 aromatic carbocycles. The van der Waals surface area contributed by atoms with E-state index in [4.69, 9.17) is 0 Å². The Bertz CT molecular complexity index is 944. The summed E-state index contributed by atoms with van der Waals surface area (Å²) in [7, 11) is -2.55. The Morgan fingerprint density at radius 1 is 1.10 bits per heavy atom. The SMILES string of the molecule is CS(=O)(=NC(=O)C12CC(C1)C2)C1CCN(C(=O)c2csc(C3CCCCC3)c2)CC1. The number of thiophene rings is 1. The van der Waals surface area contributed by atoms with Crippen molar-refractivity contribution in [1.29, 1.82) is 0 Å². The minimum Gasteiger partial charge on any atom is -0.339 e. The lowest BCUT2D eigenvalue weighted by Gasteiger charge is -2.59. The molecular formula is C23H32N2O3S2. The molecule has 4 saturated carbocycles. The lowest BCUT2D eigenvalue weighted by atomic mass is 9.44. The Hall–Kier alpha value is -1.21. The van der Waals surface area contributed by atoms with Crippen LogP contribution in [0.15, 0.2) is 15.8 Å². The molecule has 6 rings (SSSR count). The van der Waals surface area contributed by atoms with Gasteiger partial charge in [0, 0.05) is 34.9 Å². The highest BCUT2D eigenvalue weighted by atomic mass is 32.2. The molecule has 5 fully saturated rings. The van der Waals surface area contributed by atoms with E-state index in [-0.39, 0.29) is 22.5 Å². The van der Waals surface area contributed by atoms with E-state index in [1.165, 1.54) is 37.0 Å². The normalized spacial score (nSPS) is 31.4. The van der Waals surface area contributed by atoms with Gasteiger partial charge in [0.05, 0.1) is 20.7 Å². The van der Waals surface area contributed by atoms with Crippen LogP contribution in [0.5, 0.6) is 0 Å². The van der Waals surface area contributed by atoms with Crippen LogP contribution in [0, 0.1) is 11.3 Å². The van der Waals surface area contributed by atoms with Crippen LogP contribution in [0.3, 0.4) is 0 Å². The predicted octanol–water partition coefficient (Wildman–Crippen LogP) is 4.82. The van der Waals surface area contributed by atoms with Gasteiger partial charge in [-0.2, -0.15) is 4.36 Å². The lowest BCUT2D eigenvalue weighted by molar-refractivity contribution is -0.160. The Kier molecular flexibility index (Phi) is 5.33. The van der Waals surface area contributed by atoms with Crippen molar-refractivity contribution >= 4 is 32.9 Å². The number of amides is 2. The summed E-state index contributed by atoms with van der Waals surface area (Å²) < 4.78 is 17.4. The van der Waals surface area contributed by atoms with Gasteiger partial charge in [0.1, 0.15) is 0 Å². The molecule has 1 unspecified atom stereocenters. The molecule has 30 heavy (non-hydrogen) atoms. The van der Waals surface area contributed by atoms with Gasteiger partial charge < -0.3 is 4.90 Å². The second kappa shape index (κ2) is 7.73. The quantitative estimate of drug-likeness (QED) is 0.663. The summed E-state index contributed by atoms with van der Waals surface area (Å²) in [4.78, 5) is 28.8. The van der Waals surface area contributed by atoms with Gasteiger partial charge in [-0.3, -0.25) is 9.59 Å². The maximum Gasteiger partial charge on any atom is 0.260 e. The van der Waals surface area contributed by atoms with Crippen LogP contribution in [0.4, 0.5) is 0 Å². The average molecular weight is 449 g/mol. The first-order valence-electron chi connectivity index (χ1n) is 11.5. The number of carbonyl (C=O) groups is 2. The summed E-state index contributed by atoms with van der Waals surface area (Å²) in [5.41, 5.74) is 0.550. The first kappa shape index (κ1) is 20.7. The van der Waals surface area contributed by atoms with E-state index in [9.17, 15) is 13.8 Å². The maximum atomic E-state index is 13.2. The Morgan fingerprint density at radius 3 is 2.37 bits per heavy atom. The molecule has 7 heteroatoms. The summed E-state index contributed by atoms with van der Waals surface area (Å²) in [6.07, 6.45) is 12.2. The summed E-state index contributed by atoms with van der Waals surface area (Å²) >= 11 is 1.73. The molecule has 0 radical (unpaired) electrons. The molecule has 1 aromatic heterocycles. The van der Waals surface area contributed by atoms with E-state index in [1.807, 2.05) is 10.3 Å². The zero-order chi connectivity index (χ0) is 20.9. The van der Waals surface area contributed by atoms with Crippen molar-refractivity contribution in [1.82, 2.24) is 4.90 Å². The smallest absolute Gasteiger partial charge is 0.260 e. The van der Waals surface area contributed by atoms with Crippen molar-refractivity contribution in [3.8, 4) is 0 Å². The van der Waals surface area contributed by atoms with Crippen molar-refractivity contribution in [2.75, 3.05) is 19.3 Å². The molecule has 2 heterocycles. The van der Waals surface area contributed by atoms with E-state index in [1.54, 1.807) is 17.6 Å². The molecule has 1 saturated heterocycles. The lowest BCUT2D eigenvalue weighted by Crippen LogP contribution is -2.56. The van der Waals surface area contributed by atoms with E-state index in [0.29, 0.717) is 37.8 Å². The maximum absolute atomic E-state index is 13.2. The molecule has 2 amide bonds. The highest BCUT2D eigenvalue weighted by Crippen LogP contribution is 2.65. The van der Waals surface area contributed by atoms with Gasteiger partial charge >= 0.3 is 0 Å². The number of likely N-dealkylation sites (tertiary alicyclic amines) is 1. The minimum atomic E-state index is -2.55. The van der Waals surface area contributed by atoms with Crippen LogP contribution in [0.2, 0.25) is 0 Å². The van der Waals surface area contributed by atoms with Crippen LogP contribution in [0.1, 0.15) is 85.4 Å². The average Bonchev–Trinajstić information content (AvgIpc) is 3.15. The van der Waals surface area contributed by atoms with Gasteiger partial charge in [0.25, 0.3) is 11.8 Å². The van der Waals surface area contributed by atoms with Crippen LogP contribution < -0.4 is 0 Å². The fraction of sp³-hybridized carbons (Fsp3) is 0.739. The van der Waals surface area contributed by atoms with Gasteiger partial charge in [0.2, 0.25) is 0 Å². The topological polar surface area (TPSA) is 66.8 Å². The van der Waals surface area contributed by atoms with Crippen molar-refractivity contribution in [3.63, 3.8) is 0 Å². The van der Waals surface area contributed by atoms with Crippen molar-refractivity contribution in [2.24, 2.45) is 15.7 Å². The molecule has 1 aromatic rings. The van der Waals surface area contributed by atoms with Gasteiger partial charge in [0.15, 0.2) is 0 Å². The summed E-state index contributed by atoms with van der Waals surface area (Å²) in [6, 6.07) is 2.11. The number of carbonyl (C=O) groups excluding carboxylic acids is 2. The summed E-state index contributed by atoms with van der Waals surface area (Å²) in [5, 5.41) is 1.91. The number of nitrogens with zero attached hydrogens (tertiary/aromatic N) is 2. The zero-order valence-corrected chi connectivity index (χ0v) is 19.4. The summed E-state index contributed by atoms with van der Waals surface area (Å²) in [5.74, 6) is 1.31. The predicted molar refractivity (Wildman–Crippen MR) is 120 cm³/mol. The highest BCUT2D eigenvalue weighted by molar-refractivity contribution is 7.93. The fourth-order valence-electron chi connectivity index (χ4n) is 5.82. The Morgan fingerprint density at radius 2 is 1.77 bits per heavy atom. The number of piperidine rings is 1. The van der Waals surface area contributed by atoms with Crippen LogP contribution >= 0.6 is 11.3 Å². The monoisotopic (exact) mass is 448 g/mol. The number of hydrogen-bond acceptors (Lipinski definition) is 4. The van der Waals surface area contributed by atoms with Crippen LogP contribution in [-0.4, -0.2) is 45.5 Å². The number of hydrogen-bond donors (Lipinski definition) is 0. The fourth-order valence-corrected chi connectivity index (χ4v) is 8.63. The van der Waals surface area contributed by atoms with E-state index in [0.717, 1.165) is 24.8 Å². The largest absolute Gasteiger partial charge is 0.339 e. The molecular weight excluding hydrogens is 416 g/mol. The molecule has 164 valence electrons. The molecule has 5 nitrogen and oxygen atoms in total. The van der Waals surface area contributed by atoms with Crippen molar-refractivity contribution in [2.45, 2.75) is 75.4 Å². The van der Waals surface area contributed by atoms with Gasteiger partial charge in [-0.05, 0) is 62.8 Å².